The quantitative estimate of drug-likeness (QED) is 0.611. The number of nitrogens with one attached hydrogen (secondary N) is 2. The van der Waals surface area contributed by atoms with E-state index in [2.05, 4.69) is 17.6 Å². The Morgan fingerprint density at radius 3 is 2.68 bits per heavy atom. The molecule has 0 saturated carbocycles. The van der Waals surface area contributed by atoms with Crippen molar-refractivity contribution in [2.24, 2.45) is 0 Å². The Kier molecular flexibility index (Phi) is 5.29. The third kappa shape index (κ3) is 3.94. The molecule has 1 amide bonds. The molecule has 0 spiro atoms. The first kappa shape index (κ1) is 14.9. The fraction of sp³-hybridized carbons (Fsp3) is 0.462. The summed E-state index contributed by atoms with van der Waals surface area (Å²) in [5, 5.41) is 16.6. The molecule has 1 aromatic carbocycles. The summed E-state index contributed by atoms with van der Waals surface area (Å²) < 4.78 is 0. The first-order valence-electron chi connectivity index (χ1n) is 6.26. The standard InChI is InChI=1S/C13H19N3O3/c1-4-5-9(2)15-11-7-6-10(13(17)14-3)8-12(11)16(18)19/h6-9,15H,4-5H2,1-3H3,(H,14,17). The second-order valence-corrected chi connectivity index (χ2v) is 4.40. The maximum Gasteiger partial charge on any atom is 0.293 e. The number of nitro groups is 1. The summed E-state index contributed by atoms with van der Waals surface area (Å²) in [6.45, 7) is 4.03. The van der Waals surface area contributed by atoms with E-state index < -0.39 is 4.92 Å². The normalized spacial score (nSPS) is 11.7. The van der Waals surface area contributed by atoms with Gasteiger partial charge in [-0.2, -0.15) is 0 Å². The van der Waals surface area contributed by atoms with Gasteiger partial charge in [0.1, 0.15) is 5.69 Å². The summed E-state index contributed by atoms with van der Waals surface area (Å²) >= 11 is 0. The number of anilines is 1. The zero-order valence-corrected chi connectivity index (χ0v) is 11.4. The van der Waals surface area contributed by atoms with E-state index in [1.807, 2.05) is 6.92 Å². The van der Waals surface area contributed by atoms with Crippen molar-refractivity contribution in [2.75, 3.05) is 12.4 Å². The highest BCUT2D eigenvalue weighted by Crippen LogP contribution is 2.26. The molecule has 2 N–H and O–H groups in total. The van der Waals surface area contributed by atoms with Crippen LogP contribution >= 0.6 is 0 Å². The highest BCUT2D eigenvalue weighted by molar-refractivity contribution is 5.95. The molecule has 0 saturated heterocycles. The smallest absolute Gasteiger partial charge is 0.293 e. The fourth-order valence-electron chi connectivity index (χ4n) is 1.86. The lowest BCUT2D eigenvalue weighted by Crippen LogP contribution is -2.19. The van der Waals surface area contributed by atoms with Crippen LogP contribution < -0.4 is 10.6 Å². The van der Waals surface area contributed by atoms with Crippen LogP contribution in [0.15, 0.2) is 18.2 Å². The molecule has 0 aliphatic heterocycles. The van der Waals surface area contributed by atoms with Gasteiger partial charge in [-0.1, -0.05) is 13.3 Å². The molecule has 0 aliphatic carbocycles. The Bertz CT molecular complexity index is 474. The number of hydrogen-bond donors (Lipinski definition) is 2. The van der Waals surface area contributed by atoms with Gasteiger partial charge in [0.25, 0.3) is 11.6 Å². The van der Waals surface area contributed by atoms with Crippen molar-refractivity contribution in [1.29, 1.82) is 0 Å². The van der Waals surface area contributed by atoms with Crippen LogP contribution in [-0.2, 0) is 0 Å². The maximum absolute atomic E-state index is 11.5. The van der Waals surface area contributed by atoms with E-state index >= 15 is 0 Å². The summed E-state index contributed by atoms with van der Waals surface area (Å²) in [7, 11) is 1.49. The molecule has 0 aromatic heterocycles. The maximum atomic E-state index is 11.5. The lowest BCUT2D eigenvalue weighted by atomic mass is 10.1. The van der Waals surface area contributed by atoms with Crippen LogP contribution in [0.2, 0.25) is 0 Å². The predicted octanol–water partition coefficient (Wildman–Crippen LogP) is 2.55. The molecule has 104 valence electrons. The van der Waals surface area contributed by atoms with E-state index in [1.54, 1.807) is 12.1 Å². The monoisotopic (exact) mass is 265 g/mol. The molecule has 19 heavy (non-hydrogen) atoms. The summed E-state index contributed by atoms with van der Waals surface area (Å²) in [4.78, 5) is 22.0. The first-order chi connectivity index (χ1) is 8.99. The number of carbonyl (C=O) groups is 1. The molecule has 0 heterocycles. The van der Waals surface area contributed by atoms with Gasteiger partial charge in [0, 0.05) is 24.7 Å². The number of nitrogens with zero attached hydrogens (tertiary/aromatic N) is 1. The molecular formula is C13H19N3O3. The van der Waals surface area contributed by atoms with Gasteiger partial charge in [-0.3, -0.25) is 14.9 Å². The van der Waals surface area contributed by atoms with E-state index in [0.29, 0.717) is 5.69 Å². The molecule has 0 radical (unpaired) electrons. The number of nitro benzene ring substituents is 1. The van der Waals surface area contributed by atoms with Gasteiger partial charge in [0.05, 0.1) is 4.92 Å². The Balaban J connectivity index is 3.05. The molecule has 0 fully saturated rings. The molecule has 0 aliphatic rings. The van der Waals surface area contributed by atoms with Crippen molar-refractivity contribution < 1.29 is 9.72 Å². The van der Waals surface area contributed by atoms with Crippen molar-refractivity contribution in [1.82, 2.24) is 5.32 Å². The minimum atomic E-state index is -0.479. The van der Waals surface area contributed by atoms with Crippen LogP contribution in [0.3, 0.4) is 0 Å². The Morgan fingerprint density at radius 1 is 1.47 bits per heavy atom. The van der Waals surface area contributed by atoms with Crippen molar-refractivity contribution >= 4 is 17.3 Å². The minimum Gasteiger partial charge on any atom is -0.377 e. The van der Waals surface area contributed by atoms with E-state index in [1.165, 1.54) is 13.1 Å². The number of amides is 1. The zero-order chi connectivity index (χ0) is 14.4. The van der Waals surface area contributed by atoms with Gasteiger partial charge in [-0.15, -0.1) is 0 Å². The number of carbonyl (C=O) groups excluding carboxylic acids is 1. The van der Waals surface area contributed by atoms with Gasteiger partial charge in [-0.25, -0.2) is 0 Å². The highest BCUT2D eigenvalue weighted by atomic mass is 16.6. The van der Waals surface area contributed by atoms with Gasteiger partial charge in [0.2, 0.25) is 0 Å². The van der Waals surface area contributed by atoms with E-state index in [9.17, 15) is 14.9 Å². The Hall–Kier alpha value is -2.11. The molecule has 1 unspecified atom stereocenters. The van der Waals surface area contributed by atoms with E-state index in [-0.39, 0.29) is 23.2 Å². The van der Waals surface area contributed by atoms with Gasteiger partial charge >= 0.3 is 0 Å². The van der Waals surface area contributed by atoms with Gasteiger partial charge < -0.3 is 10.6 Å². The zero-order valence-electron chi connectivity index (χ0n) is 11.4. The first-order valence-corrected chi connectivity index (χ1v) is 6.26. The van der Waals surface area contributed by atoms with E-state index in [4.69, 9.17) is 0 Å². The predicted molar refractivity (Wildman–Crippen MR) is 74.5 cm³/mol. The lowest BCUT2D eigenvalue weighted by molar-refractivity contribution is -0.384. The molecule has 0 bridgehead atoms. The molecule has 1 aromatic rings. The third-order valence-electron chi connectivity index (χ3n) is 2.81. The van der Waals surface area contributed by atoms with Gasteiger partial charge in [-0.05, 0) is 25.5 Å². The van der Waals surface area contributed by atoms with Gasteiger partial charge in [0.15, 0.2) is 0 Å². The summed E-state index contributed by atoms with van der Waals surface area (Å²) in [5.41, 5.74) is 0.644. The van der Waals surface area contributed by atoms with Crippen LogP contribution in [0.25, 0.3) is 0 Å². The summed E-state index contributed by atoms with van der Waals surface area (Å²) in [5.74, 6) is -0.337. The number of rotatable bonds is 6. The lowest BCUT2D eigenvalue weighted by Gasteiger charge is -2.14. The highest BCUT2D eigenvalue weighted by Gasteiger charge is 2.18. The number of benzene rings is 1. The minimum absolute atomic E-state index is 0.0796. The van der Waals surface area contributed by atoms with E-state index in [0.717, 1.165) is 12.8 Å². The molecule has 6 heteroatoms. The summed E-state index contributed by atoms with van der Waals surface area (Å²) in [6, 6.07) is 4.59. The Labute approximate surface area is 112 Å². The van der Waals surface area contributed by atoms with Crippen molar-refractivity contribution in [2.45, 2.75) is 32.7 Å². The van der Waals surface area contributed by atoms with Crippen molar-refractivity contribution in [3.8, 4) is 0 Å². The van der Waals surface area contributed by atoms with Crippen LogP contribution in [0.1, 0.15) is 37.0 Å². The topological polar surface area (TPSA) is 84.3 Å². The largest absolute Gasteiger partial charge is 0.377 e. The third-order valence-corrected chi connectivity index (χ3v) is 2.81. The fourth-order valence-corrected chi connectivity index (χ4v) is 1.86. The summed E-state index contributed by atoms with van der Waals surface area (Å²) in [6.07, 6.45) is 1.92. The molecule has 6 nitrogen and oxygen atoms in total. The average molecular weight is 265 g/mol. The molecule has 1 rings (SSSR count). The van der Waals surface area contributed by atoms with Crippen molar-refractivity contribution in [3.05, 3.63) is 33.9 Å². The van der Waals surface area contributed by atoms with Crippen LogP contribution in [0, 0.1) is 10.1 Å². The SMILES string of the molecule is CCCC(C)Nc1ccc(C(=O)NC)cc1[N+](=O)[O-]. The molecule has 1 atom stereocenters. The average Bonchev–Trinajstić information content (AvgIpc) is 2.38. The van der Waals surface area contributed by atoms with Crippen LogP contribution in [0.4, 0.5) is 11.4 Å². The Morgan fingerprint density at radius 2 is 2.16 bits per heavy atom. The van der Waals surface area contributed by atoms with Crippen LogP contribution in [0.5, 0.6) is 0 Å². The van der Waals surface area contributed by atoms with Crippen LogP contribution in [-0.4, -0.2) is 23.9 Å². The second-order valence-electron chi connectivity index (χ2n) is 4.40. The number of hydrogen-bond acceptors (Lipinski definition) is 4. The van der Waals surface area contributed by atoms with Crippen molar-refractivity contribution in [3.63, 3.8) is 0 Å². The second kappa shape index (κ2) is 6.72. The molecular weight excluding hydrogens is 246 g/mol.